The Morgan fingerprint density at radius 3 is 2.36 bits per heavy atom. The summed E-state index contributed by atoms with van der Waals surface area (Å²) in [5, 5.41) is 4.66. The fourth-order valence-corrected chi connectivity index (χ4v) is 3.05. The lowest BCUT2D eigenvalue weighted by Crippen LogP contribution is -1.98. The summed E-state index contributed by atoms with van der Waals surface area (Å²) in [7, 11) is 4.89. The standard InChI is InChI=1S/C21H20N4O3/c1-26-16-7-4-14(5-8-16)12-20-23-21-22-11-10-17(25(21)24-20)15-6-9-18(27-2)19(13-15)28-3/h4-11,13H,12H2,1-3H3. The molecular formula is C21H20N4O3. The molecule has 0 saturated carbocycles. The van der Waals surface area contributed by atoms with Gasteiger partial charge in [0.05, 0.1) is 27.0 Å². The van der Waals surface area contributed by atoms with Crippen LogP contribution in [-0.2, 0) is 6.42 Å². The second-order valence-corrected chi connectivity index (χ2v) is 6.16. The summed E-state index contributed by atoms with van der Waals surface area (Å²) in [6, 6.07) is 15.5. The number of hydrogen-bond donors (Lipinski definition) is 0. The Kier molecular flexibility index (Phi) is 4.80. The highest BCUT2D eigenvalue weighted by molar-refractivity contribution is 5.65. The van der Waals surface area contributed by atoms with Gasteiger partial charge in [0, 0.05) is 18.2 Å². The van der Waals surface area contributed by atoms with Crippen LogP contribution in [0.15, 0.2) is 54.7 Å². The van der Waals surface area contributed by atoms with Gasteiger partial charge in [0.1, 0.15) is 5.75 Å². The zero-order valence-corrected chi connectivity index (χ0v) is 15.9. The minimum atomic E-state index is 0.552. The monoisotopic (exact) mass is 376 g/mol. The fourth-order valence-electron chi connectivity index (χ4n) is 3.05. The molecule has 0 saturated heterocycles. The SMILES string of the molecule is COc1ccc(Cc2nc3nccc(-c4ccc(OC)c(OC)c4)n3n2)cc1. The van der Waals surface area contributed by atoms with Crippen LogP contribution in [0.4, 0.5) is 0 Å². The van der Waals surface area contributed by atoms with Crippen LogP contribution >= 0.6 is 0 Å². The van der Waals surface area contributed by atoms with Crippen LogP contribution in [0.2, 0.25) is 0 Å². The molecule has 0 spiro atoms. The van der Waals surface area contributed by atoms with Crippen molar-refractivity contribution in [3.05, 3.63) is 66.1 Å². The van der Waals surface area contributed by atoms with Crippen LogP contribution in [0, 0.1) is 0 Å². The first-order valence-corrected chi connectivity index (χ1v) is 8.78. The molecular weight excluding hydrogens is 356 g/mol. The lowest BCUT2D eigenvalue weighted by atomic mass is 10.1. The highest BCUT2D eigenvalue weighted by Gasteiger charge is 2.13. The number of fused-ring (bicyclic) bond motifs is 1. The molecule has 2 aromatic heterocycles. The predicted octanol–water partition coefficient (Wildman–Crippen LogP) is 3.41. The quantitative estimate of drug-likeness (QED) is 0.514. The minimum Gasteiger partial charge on any atom is -0.497 e. The Morgan fingerprint density at radius 1 is 0.857 bits per heavy atom. The highest BCUT2D eigenvalue weighted by atomic mass is 16.5. The summed E-state index contributed by atoms with van der Waals surface area (Å²) < 4.78 is 17.7. The summed E-state index contributed by atoms with van der Waals surface area (Å²) in [5.41, 5.74) is 2.91. The van der Waals surface area contributed by atoms with Crippen molar-refractivity contribution in [3.63, 3.8) is 0 Å². The molecule has 0 aliphatic carbocycles. The first kappa shape index (κ1) is 17.8. The average Bonchev–Trinajstić information content (AvgIpc) is 3.16. The van der Waals surface area contributed by atoms with E-state index in [4.69, 9.17) is 14.2 Å². The fraction of sp³-hybridized carbons (Fsp3) is 0.190. The molecule has 0 fully saturated rings. The number of methoxy groups -OCH3 is 3. The minimum absolute atomic E-state index is 0.552. The van der Waals surface area contributed by atoms with E-state index in [1.54, 1.807) is 32.0 Å². The molecule has 4 aromatic rings. The summed E-state index contributed by atoms with van der Waals surface area (Å²) in [5.74, 6) is 3.41. The number of hydrogen-bond acceptors (Lipinski definition) is 6. The van der Waals surface area contributed by atoms with Gasteiger partial charge in [-0.15, -0.1) is 5.10 Å². The first-order valence-electron chi connectivity index (χ1n) is 8.78. The zero-order chi connectivity index (χ0) is 19.5. The summed E-state index contributed by atoms with van der Waals surface area (Å²) in [6.07, 6.45) is 2.34. The van der Waals surface area contributed by atoms with Gasteiger partial charge in [-0.2, -0.15) is 9.50 Å². The van der Waals surface area contributed by atoms with Crippen molar-refractivity contribution < 1.29 is 14.2 Å². The third-order valence-electron chi connectivity index (χ3n) is 4.49. The van der Waals surface area contributed by atoms with Crippen LogP contribution in [0.1, 0.15) is 11.4 Å². The van der Waals surface area contributed by atoms with Crippen LogP contribution in [0.5, 0.6) is 17.2 Å². The molecule has 7 nitrogen and oxygen atoms in total. The number of aromatic nitrogens is 4. The van der Waals surface area contributed by atoms with Gasteiger partial charge < -0.3 is 14.2 Å². The molecule has 28 heavy (non-hydrogen) atoms. The predicted molar refractivity (Wildman–Crippen MR) is 105 cm³/mol. The van der Waals surface area contributed by atoms with E-state index in [0.29, 0.717) is 29.5 Å². The van der Waals surface area contributed by atoms with E-state index < -0.39 is 0 Å². The van der Waals surface area contributed by atoms with E-state index in [2.05, 4.69) is 15.1 Å². The van der Waals surface area contributed by atoms with Gasteiger partial charge in [-0.05, 0) is 42.0 Å². The molecule has 0 N–H and O–H groups in total. The Balaban J connectivity index is 1.71. The molecule has 0 atom stereocenters. The molecule has 0 aliphatic rings. The lowest BCUT2D eigenvalue weighted by Gasteiger charge is -2.10. The molecule has 2 heterocycles. The van der Waals surface area contributed by atoms with E-state index >= 15 is 0 Å². The van der Waals surface area contributed by atoms with E-state index in [-0.39, 0.29) is 0 Å². The van der Waals surface area contributed by atoms with Crippen molar-refractivity contribution in [3.8, 4) is 28.5 Å². The van der Waals surface area contributed by atoms with Gasteiger partial charge in [0.2, 0.25) is 0 Å². The Bertz CT molecular complexity index is 1110. The normalized spacial score (nSPS) is 10.8. The highest BCUT2D eigenvalue weighted by Crippen LogP contribution is 2.32. The third-order valence-corrected chi connectivity index (χ3v) is 4.49. The average molecular weight is 376 g/mol. The second kappa shape index (κ2) is 7.56. The Hall–Kier alpha value is -3.61. The van der Waals surface area contributed by atoms with Gasteiger partial charge in [0.25, 0.3) is 5.78 Å². The van der Waals surface area contributed by atoms with Gasteiger partial charge in [-0.3, -0.25) is 0 Å². The maximum Gasteiger partial charge on any atom is 0.252 e. The third kappa shape index (κ3) is 3.34. The molecule has 4 rings (SSSR count). The van der Waals surface area contributed by atoms with Crippen molar-refractivity contribution >= 4 is 5.78 Å². The van der Waals surface area contributed by atoms with Gasteiger partial charge in [-0.1, -0.05) is 12.1 Å². The topological polar surface area (TPSA) is 70.8 Å². The molecule has 0 bridgehead atoms. The van der Waals surface area contributed by atoms with E-state index in [1.165, 1.54) is 0 Å². The summed E-state index contributed by atoms with van der Waals surface area (Å²) in [4.78, 5) is 8.91. The van der Waals surface area contributed by atoms with E-state index in [9.17, 15) is 0 Å². The second-order valence-electron chi connectivity index (χ2n) is 6.16. The van der Waals surface area contributed by atoms with Gasteiger partial charge in [0.15, 0.2) is 17.3 Å². The van der Waals surface area contributed by atoms with Crippen LogP contribution in [0.25, 0.3) is 17.0 Å². The van der Waals surface area contributed by atoms with Crippen molar-refractivity contribution in [2.45, 2.75) is 6.42 Å². The van der Waals surface area contributed by atoms with Crippen molar-refractivity contribution in [2.24, 2.45) is 0 Å². The van der Waals surface area contributed by atoms with E-state index in [0.717, 1.165) is 22.6 Å². The van der Waals surface area contributed by atoms with Gasteiger partial charge >= 0.3 is 0 Å². The zero-order valence-electron chi connectivity index (χ0n) is 15.9. The van der Waals surface area contributed by atoms with Crippen LogP contribution < -0.4 is 14.2 Å². The molecule has 0 amide bonds. The number of ether oxygens (including phenoxy) is 3. The van der Waals surface area contributed by atoms with Crippen LogP contribution in [-0.4, -0.2) is 40.9 Å². The lowest BCUT2D eigenvalue weighted by molar-refractivity contribution is 0.355. The summed E-state index contributed by atoms with van der Waals surface area (Å²) in [6.45, 7) is 0. The smallest absolute Gasteiger partial charge is 0.252 e. The Morgan fingerprint density at radius 2 is 1.64 bits per heavy atom. The van der Waals surface area contributed by atoms with Crippen molar-refractivity contribution in [1.82, 2.24) is 19.6 Å². The van der Waals surface area contributed by atoms with Crippen molar-refractivity contribution in [1.29, 1.82) is 0 Å². The van der Waals surface area contributed by atoms with Gasteiger partial charge in [-0.25, -0.2) is 4.98 Å². The van der Waals surface area contributed by atoms with Crippen molar-refractivity contribution in [2.75, 3.05) is 21.3 Å². The molecule has 142 valence electrons. The first-order chi connectivity index (χ1) is 13.7. The number of nitrogens with zero attached hydrogens (tertiary/aromatic N) is 4. The molecule has 2 aromatic carbocycles. The molecule has 0 unspecified atom stereocenters. The van der Waals surface area contributed by atoms with Crippen LogP contribution in [0.3, 0.4) is 0 Å². The Labute approximate surface area is 162 Å². The number of rotatable bonds is 6. The van der Waals surface area contributed by atoms with E-state index in [1.807, 2.05) is 48.5 Å². The molecule has 0 aliphatic heterocycles. The maximum absolute atomic E-state index is 5.42. The molecule has 7 heteroatoms. The molecule has 0 radical (unpaired) electrons. The largest absolute Gasteiger partial charge is 0.497 e. The maximum atomic E-state index is 5.42. The summed E-state index contributed by atoms with van der Waals surface area (Å²) >= 11 is 0. The number of benzene rings is 2.